The van der Waals surface area contributed by atoms with Gasteiger partial charge in [0.2, 0.25) is 15.9 Å². The lowest BCUT2D eigenvalue weighted by Crippen LogP contribution is -2.46. The van der Waals surface area contributed by atoms with Gasteiger partial charge in [0.05, 0.1) is 4.90 Å². The van der Waals surface area contributed by atoms with E-state index in [0.717, 1.165) is 19.3 Å². The van der Waals surface area contributed by atoms with Crippen LogP contribution in [-0.2, 0) is 14.8 Å². The summed E-state index contributed by atoms with van der Waals surface area (Å²) in [5.74, 6) is 0.161. The summed E-state index contributed by atoms with van der Waals surface area (Å²) in [4.78, 5) is 14.5. The zero-order valence-electron chi connectivity index (χ0n) is 13.9. The molecule has 0 unspecified atom stereocenters. The second-order valence-electron chi connectivity index (χ2n) is 6.59. The van der Waals surface area contributed by atoms with Crippen molar-refractivity contribution in [3.8, 4) is 0 Å². The first-order chi connectivity index (χ1) is 11.5. The fourth-order valence-corrected chi connectivity index (χ4v) is 5.45. The quantitative estimate of drug-likeness (QED) is 0.785. The molecule has 1 spiro atoms. The average molecular weight is 348 g/mol. The summed E-state index contributed by atoms with van der Waals surface area (Å²) in [6.07, 6.45) is 5.45. The van der Waals surface area contributed by atoms with Crippen LogP contribution in [0.1, 0.15) is 32.1 Å². The van der Waals surface area contributed by atoms with Gasteiger partial charge >= 0.3 is 0 Å². The van der Waals surface area contributed by atoms with E-state index in [4.69, 9.17) is 0 Å². The Morgan fingerprint density at radius 3 is 2.58 bits per heavy atom. The molecule has 3 rings (SSSR count). The fourth-order valence-electron chi connectivity index (χ4n) is 3.95. The Kier molecular flexibility index (Phi) is 4.78. The first-order valence-corrected chi connectivity index (χ1v) is 9.90. The second kappa shape index (κ2) is 6.69. The number of sulfonamides is 1. The van der Waals surface area contributed by atoms with Gasteiger partial charge in [-0.3, -0.25) is 4.79 Å². The van der Waals surface area contributed by atoms with E-state index in [1.807, 2.05) is 11.0 Å². The Morgan fingerprint density at radius 2 is 1.88 bits per heavy atom. The minimum Gasteiger partial charge on any atom is -0.333 e. The first kappa shape index (κ1) is 17.2. The summed E-state index contributed by atoms with van der Waals surface area (Å²) in [5.41, 5.74) is -0.202. The molecule has 0 radical (unpaired) electrons. The topological polar surface area (TPSA) is 57.7 Å². The Labute approximate surface area is 144 Å². The highest BCUT2D eigenvalue weighted by molar-refractivity contribution is 7.89. The maximum atomic E-state index is 12.8. The van der Waals surface area contributed by atoms with E-state index in [1.165, 1.54) is 0 Å². The van der Waals surface area contributed by atoms with Crippen LogP contribution in [0.25, 0.3) is 0 Å². The summed E-state index contributed by atoms with van der Waals surface area (Å²) in [6, 6.07) is 8.58. The van der Waals surface area contributed by atoms with Crippen molar-refractivity contribution in [2.45, 2.75) is 42.5 Å². The predicted octanol–water partition coefficient (Wildman–Crippen LogP) is 2.41. The van der Waals surface area contributed by atoms with Crippen molar-refractivity contribution in [3.05, 3.63) is 43.0 Å². The number of likely N-dealkylation sites (tertiary alicyclic amines) is 1. The maximum absolute atomic E-state index is 12.8. The van der Waals surface area contributed by atoms with Crippen molar-refractivity contribution in [2.24, 2.45) is 0 Å². The molecule has 1 amide bonds. The molecule has 2 heterocycles. The molecule has 2 saturated heterocycles. The fraction of sp³-hybridized carbons (Fsp3) is 0.500. The molecule has 0 bridgehead atoms. The number of benzene rings is 1. The number of hydrogen-bond donors (Lipinski definition) is 0. The van der Waals surface area contributed by atoms with Crippen LogP contribution in [0.15, 0.2) is 47.9 Å². The minimum atomic E-state index is -3.47. The van der Waals surface area contributed by atoms with E-state index < -0.39 is 10.0 Å². The number of carbonyl (C=O) groups is 1. The predicted molar refractivity (Wildman–Crippen MR) is 92.9 cm³/mol. The molecular weight excluding hydrogens is 324 g/mol. The van der Waals surface area contributed by atoms with Crippen molar-refractivity contribution < 1.29 is 13.2 Å². The van der Waals surface area contributed by atoms with E-state index in [2.05, 4.69) is 6.58 Å². The van der Waals surface area contributed by atoms with Crippen LogP contribution in [0.2, 0.25) is 0 Å². The number of hydrogen-bond acceptors (Lipinski definition) is 3. The number of carbonyl (C=O) groups excluding carboxylic acids is 1. The summed E-state index contributed by atoms with van der Waals surface area (Å²) in [5, 5.41) is 0. The third-order valence-corrected chi connectivity index (χ3v) is 7.16. The van der Waals surface area contributed by atoms with Gasteiger partial charge in [-0.25, -0.2) is 8.42 Å². The van der Waals surface area contributed by atoms with E-state index in [1.54, 1.807) is 34.6 Å². The lowest BCUT2D eigenvalue weighted by molar-refractivity contribution is -0.130. The van der Waals surface area contributed by atoms with E-state index >= 15 is 0 Å². The molecule has 5 nitrogen and oxygen atoms in total. The molecule has 1 aromatic carbocycles. The average Bonchev–Trinajstić information content (AvgIpc) is 2.77. The minimum absolute atomic E-state index is 0.161. The molecule has 24 heavy (non-hydrogen) atoms. The van der Waals surface area contributed by atoms with Gasteiger partial charge in [-0.15, -0.1) is 6.58 Å². The lowest BCUT2D eigenvalue weighted by atomic mass is 9.88. The summed E-state index contributed by atoms with van der Waals surface area (Å²) in [6.45, 7) is 5.27. The highest BCUT2D eigenvalue weighted by Gasteiger charge is 2.46. The van der Waals surface area contributed by atoms with Crippen LogP contribution < -0.4 is 0 Å². The standard InChI is InChI=1S/C18H24N2O3S/c1-2-13-20-17(21)9-11-18(20)10-6-14-19(15-12-18)24(22,23)16-7-4-3-5-8-16/h2-5,7-8H,1,6,9-15H2/t18-/m1/s1. The van der Waals surface area contributed by atoms with Gasteiger partial charge in [-0.1, -0.05) is 24.3 Å². The smallest absolute Gasteiger partial charge is 0.243 e. The summed E-state index contributed by atoms with van der Waals surface area (Å²) < 4.78 is 27.3. The summed E-state index contributed by atoms with van der Waals surface area (Å²) in [7, 11) is -3.47. The van der Waals surface area contributed by atoms with Crippen molar-refractivity contribution in [1.82, 2.24) is 9.21 Å². The molecule has 0 N–H and O–H groups in total. The normalized spacial score (nSPS) is 25.8. The lowest BCUT2D eigenvalue weighted by Gasteiger charge is -2.37. The third kappa shape index (κ3) is 3.00. The van der Waals surface area contributed by atoms with Crippen LogP contribution in [-0.4, -0.2) is 48.7 Å². The monoisotopic (exact) mass is 348 g/mol. The first-order valence-electron chi connectivity index (χ1n) is 8.46. The van der Waals surface area contributed by atoms with E-state index in [0.29, 0.717) is 37.4 Å². The molecule has 130 valence electrons. The van der Waals surface area contributed by atoms with Crippen LogP contribution in [0.5, 0.6) is 0 Å². The molecular formula is C18H24N2O3S. The Bertz CT molecular complexity index is 717. The van der Waals surface area contributed by atoms with Gasteiger partial charge < -0.3 is 4.90 Å². The molecule has 2 fully saturated rings. The van der Waals surface area contributed by atoms with Gasteiger partial charge in [0.15, 0.2) is 0 Å². The molecule has 2 aliphatic rings. The van der Waals surface area contributed by atoms with Crippen LogP contribution in [0.3, 0.4) is 0 Å². The molecule has 0 aromatic heterocycles. The highest BCUT2D eigenvalue weighted by Crippen LogP contribution is 2.39. The molecule has 1 atom stereocenters. The van der Waals surface area contributed by atoms with E-state index in [9.17, 15) is 13.2 Å². The largest absolute Gasteiger partial charge is 0.333 e. The van der Waals surface area contributed by atoms with Crippen LogP contribution in [0.4, 0.5) is 0 Å². The zero-order chi connectivity index (χ0) is 17.2. The third-order valence-electron chi connectivity index (χ3n) is 5.25. The number of amides is 1. The van der Waals surface area contributed by atoms with Gasteiger partial charge in [-0.2, -0.15) is 4.31 Å². The van der Waals surface area contributed by atoms with Crippen molar-refractivity contribution in [3.63, 3.8) is 0 Å². The van der Waals surface area contributed by atoms with Crippen molar-refractivity contribution >= 4 is 15.9 Å². The molecule has 0 saturated carbocycles. The number of nitrogens with zero attached hydrogens (tertiary/aromatic N) is 2. The van der Waals surface area contributed by atoms with Gasteiger partial charge in [-0.05, 0) is 37.8 Å². The van der Waals surface area contributed by atoms with E-state index in [-0.39, 0.29) is 11.4 Å². The Morgan fingerprint density at radius 1 is 1.12 bits per heavy atom. The maximum Gasteiger partial charge on any atom is 0.243 e. The van der Waals surface area contributed by atoms with Crippen molar-refractivity contribution in [2.75, 3.05) is 19.6 Å². The van der Waals surface area contributed by atoms with Crippen LogP contribution in [0, 0.1) is 0 Å². The van der Waals surface area contributed by atoms with Gasteiger partial charge in [0.1, 0.15) is 0 Å². The van der Waals surface area contributed by atoms with Gasteiger partial charge in [0, 0.05) is 31.6 Å². The summed E-state index contributed by atoms with van der Waals surface area (Å²) >= 11 is 0. The number of rotatable bonds is 4. The second-order valence-corrected chi connectivity index (χ2v) is 8.53. The molecule has 6 heteroatoms. The van der Waals surface area contributed by atoms with Gasteiger partial charge in [0.25, 0.3) is 0 Å². The van der Waals surface area contributed by atoms with Crippen molar-refractivity contribution in [1.29, 1.82) is 0 Å². The zero-order valence-corrected chi connectivity index (χ0v) is 14.7. The highest BCUT2D eigenvalue weighted by atomic mass is 32.2. The van der Waals surface area contributed by atoms with Crippen LogP contribution >= 0.6 is 0 Å². The Hall–Kier alpha value is -1.66. The Balaban J connectivity index is 1.81. The molecule has 1 aromatic rings. The SMILES string of the molecule is C=CCN1C(=O)CC[C@@]12CCCN(S(=O)(=O)c1ccccc1)CC2. The molecule has 0 aliphatic carbocycles. The molecule has 2 aliphatic heterocycles.